The number of nitrogens with zero attached hydrogens (tertiary/aromatic N) is 1. The Kier molecular flexibility index (Phi) is 7.94. The van der Waals surface area contributed by atoms with Crippen molar-refractivity contribution in [3.05, 3.63) is 57.6 Å². The molecule has 0 aliphatic carbocycles. The fourth-order valence-electron chi connectivity index (χ4n) is 1.76. The number of carbonyl (C=O) groups excluding carboxylic acids is 1. The van der Waals surface area contributed by atoms with Gasteiger partial charge in [-0.2, -0.15) is 5.26 Å². The quantitative estimate of drug-likeness (QED) is 0.504. The number of rotatable bonds is 4. The van der Waals surface area contributed by atoms with E-state index >= 15 is 0 Å². The van der Waals surface area contributed by atoms with Crippen LogP contribution < -0.4 is 39.4 Å². The molecule has 3 N–H and O–H groups in total. The first-order valence-electron chi connectivity index (χ1n) is 6.25. The second-order valence-electron chi connectivity index (χ2n) is 4.48. The van der Waals surface area contributed by atoms with Crippen molar-refractivity contribution in [3.63, 3.8) is 0 Å². The first-order chi connectivity index (χ1) is 11.2. The van der Waals surface area contributed by atoms with Gasteiger partial charge in [0.05, 0.1) is 27.9 Å². The van der Waals surface area contributed by atoms with Crippen molar-refractivity contribution in [2.45, 2.75) is 0 Å². The summed E-state index contributed by atoms with van der Waals surface area (Å²) >= 11 is 11.8. The minimum absolute atomic E-state index is 0. The van der Waals surface area contributed by atoms with Crippen LogP contribution in [0.1, 0.15) is 17.3 Å². The van der Waals surface area contributed by atoms with E-state index < -0.39 is 13.7 Å². The van der Waals surface area contributed by atoms with E-state index in [-0.39, 0.29) is 58.0 Å². The van der Waals surface area contributed by atoms with E-state index in [9.17, 15) is 9.36 Å². The average molecular weight is 411 g/mol. The summed E-state index contributed by atoms with van der Waals surface area (Å²) in [4.78, 5) is 30.2. The maximum atomic E-state index is 12.4. The first kappa shape index (κ1) is 22.0. The van der Waals surface area contributed by atoms with E-state index in [2.05, 4.69) is 9.84 Å². The van der Waals surface area contributed by atoms with Crippen LogP contribution in [0.3, 0.4) is 0 Å². The van der Waals surface area contributed by atoms with Crippen molar-refractivity contribution < 1.29 is 54.7 Å². The van der Waals surface area contributed by atoms with Crippen LogP contribution in [0.25, 0.3) is 0 Å². The number of amides is 1. The Hall–Kier alpha value is -1.07. The summed E-state index contributed by atoms with van der Waals surface area (Å²) in [7, 11) is -4.86. The van der Waals surface area contributed by atoms with Crippen LogP contribution in [-0.4, -0.2) is 15.7 Å². The Bertz CT molecular complexity index is 903. The third-order valence-corrected chi connectivity index (χ3v) is 3.73. The molecule has 7 nitrogen and oxygen atoms in total. The van der Waals surface area contributed by atoms with E-state index in [0.29, 0.717) is 5.56 Å². The van der Waals surface area contributed by atoms with Crippen LogP contribution in [0, 0.1) is 11.3 Å². The van der Waals surface area contributed by atoms with E-state index in [1.807, 2.05) is 6.07 Å². The molecule has 0 fully saturated rings. The largest absolute Gasteiger partial charge is 1.00 e. The Morgan fingerprint density at radius 1 is 1.24 bits per heavy atom. The molecule has 0 atom stereocenters. The van der Waals surface area contributed by atoms with Crippen LogP contribution >= 0.6 is 31.0 Å². The molecule has 0 bridgehead atoms. The normalized spacial score (nSPS) is 10.4. The van der Waals surface area contributed by atoms with Crippen molar-refractivity contribution >= 4 is 42.6 Å². The number of phosphoric ester groups is 1. The summed E-state index contributed by atoms with van der Waals surface area (Å²) < 4.78 is 15.5. The van der Waals surface area contributed by atoms with Crippen LogP contribution in [0.5, 0.6) is 5.75 Å². The van der Waals surface area contributed by atoms with Gasteiger partial charge in [0.1, 0.15) is 5.75 Å². The summed E-state index contributed by atoms with van der Waals surface area (Å²) in [5.74, 6) is -1.08. The third-order valence-electron chi connectivity index (χ3n) is 2.75. The van der Waals surface area contributed by atoms with Crippen LogP contribution in [0.4, 0.5) is 5.69 Å². The van der Waals surface area contributed by atoms with Crippen LogP contribution in [0.15, 0.2) is 36.4 Å². The number of nitrogens with one attached hydrogen (secondary N) is 1. The molecule has 0 spiro atoms. The fourth-order valence-corrected chi connectivity index (χ4v) is 2.58. The molecule has 0 saturated heterocycles. The van der Waals surface area contributed by atoms with Gasteiger partial charge in [-0.3, -0.25) is 14.6 Å². The number of nitriles is 1. The van der Waals surface area contributed by atoms with Gasteiger partial charge in [-0.1, -0.05) is 23.2 Å². The van der Waals surface area contributed by atoms with Gasteiger partial charge in [-0.15, -0.1) is 0 Å². The number of phosphoric acid groups is 1. The molecular weight excluding hydrogens is 401 g/mol. The van der Waals surface area contributed by atoms with Gasteiger partial charge in [0.25, 0.3) is 5.91 Å². The molecule has 0 radical (unpaired) electrons. The molecular formula is C14H10Cl2N2NaO5P. The molecule has 2 rings (SSSR count). The predicted molar refractivity (Wildman–Crippen MR) is 89.4 cm³/mol. The number of carbonyl (C=O) groups is 1. The van der Waals surface area contributed by atoms with Gasteiger partial charge in [-0.05, 0) is 36.4 Å². The summed E-state index contributed by atoms with van der Waals surface area (Å²) in [6.45, 7) is 0. The van der Waals surface area contributed by atoms with Gasteiger partial charge < -0.3 is 11.3 Å². The molecule has 0 saturated carbocycles. The number of hydrogen-bond donors (Lipinski definition) is 3. The second kappa shape index (κ2) is 9.04. The van der Waals surface area contributed by atoms with Gasteiger partial charge in [-0.25, -0.2) is 4.57 Å². The maximum absolute atomic E-state index is 12.4. The molecule has 2 aromatic rings. The van der Waals surface area contributed by atoms with Crippen LogP contribution in [0.2, 0.25) is 10.0 Å². The second-order valence-corrected chi connectivity index (χ2v) is 6.49. The molecule has 11 heteroatoms. The van der Waals surface area contributed by atoms with Crippen molar-refractivity contribution in [2.75, 3.05) is 5.32 Å². The first-order valence-corrected chi connectivity index (χ1v) is 8.54. The topological polar surface area (TPSA) is 120 Å². The smallest absolute Gasteiger partial charge is 1.00 e. The summed E-state index contributed by atoms with van der Waals surface area (Å²) in [6.07, 6.45) is 0. The zero-order valence-corrected chi connectivity index (χ0v) is 17.1. The Morgan fingerprint density at radius 2 is 1.92 bits per heavy atom. The van der Waals surface area contributed by atoms with E-state index in [4.69, 9.17) is 38.3 Å². The Labute approximate surface area is 176 Å². The number of halogens is 2. The monoisotopic (exact) mass is 410 g/mol. The Morgan fingerprint density at radius 3 is 2.48 bits per heavy atom. The molecule has 2 aromatic carbocycles. The average Bonchev–Trinajstić information content (AvgIpc) is 2.49. The molecule has 1 amide bonds. The van der Waals surface area contributed by atoms with Crippen molar-refractivity contribution in [1.82, 2.24) is 0 Å². The number of hydrogen-bond acceptors (Lipinski definition) is 4. The van der Waals surface area contributed by atoms with E-state index in [1.165, 1.54) is 30.3 Å². The fraction of sp³-hybridized carbons (Fsp3) is 0. The number of benzene rings is 2. The molecule has 126 valence electrons. The molecule has 0 aromatic heterocycles. The SMILES string of the molecule is N#Cc1ccc(NC(=O)c2cc(Cl)ccc2OP(=O)(O)O)c(Cl)c1.[H-].[Na+]. The summed E-state index contributed by atoms with van der Waals surface area (Å²) in [5, 5.41) is 11.5. The van der Waals surface area contributed by atoms with Crippen molar-refractivity contribution in [1.29, 1.82) is 5.26 Å². The molecule has 0 unspecified atom stereocenters. The minimum atomic E-state index is -4.86. The van der Waals surface area contributed by atoms with Gasteiger partial charge >= 0.3 is 37.4 Å². The summed E-state index contributed by atoms with van der Waals surface area (Å²) in [6, 6.07) is 9.81. The van der Waals surface area contributed by atoms with E-state index in [0.717, 1.165) is 6.07 Å². The minimum Gasteiger partial charge on any atom is -1.00 e. The summed E-state index contributed by atoms with van der Waals surface area (Å²) in [5.41, 5.74) is 0.334. The standard InChI is InChI=1S/C14H9Cl2N2O5P.Na.H/c15-9-2-4-13(23-24(20,21)22)10(6-9)14(19)18-12-3-1-8(7-17)5-11(12)16;;/h1-6H,(H,18,19)(H2,20,21,22);;/q;+1;-1. The zero-order valence-electron chi connectivity index (χ0n) is 13.7. The van der Waals surface area contributed by atoms with E-state index in [1.54, 1.807) is 0 Å². The van der Waals surface area contributed by atoms with Crippen molar-refractivity contribution in [3.8, 4) is 11.8 Å². The molecule has 0 aliphatic heterocycles. The molecule has 0 aliphatic rings. The van der Waals surface area contributed by atoms with Gasteiger partial charge in [0.15, 0.2) is 0 Å². The Balaban J connectivity index is 0.00000312. The molecule has 25 heavy (non-hydrogen) atoms. The maximum Gasteiger partial charge on any atom is 1.00 e. The zero-order chi connectivity index (χ0) is 17.9. The predicted octanol–water partition coefficient (Wildman–Crippen LogP) is 0.705. The molecule has 0 heterocycles. The van der Waals surface area contributed by atoms with Gasteiger partial charge in [0, 0.05) is 5.02 Å². The number of anilines is 1. The van der Waals surface area contributed by atoms with Gasteiger partial charge in [0.2, 0.25) is 0 Å². The van der Waals surface area contributed by atoms with Crippen LogP contribution in [-0.2, 0) is 4.57 Å². The third kappa shape index (κ3) is 6.30. The van der Waals surface area contributed by atoms with Crippen molar-refractivity contribution in [2.24, 2.45) is 0 Å².